The minimum absolute atomic E-state index is 0.0681. The van der Waals surface area contributed by atoms with Gasteiger partial charge >= 0.3 is 0 Å². The van der Waals surface area contributed by atoms with E-state index in [1.165, 1.54) is 6.07 Å². The number of carbonyl (C=O) groups is 1. The number of amides is 1. The standard InChI is InChI=1S/C28H30FN5O2/c1-4-18-13-20(14-24(29)27(18)28(35)32-21-8-11-33(2)12-9-21)25-15-23(7-10-30-25)36-22-6-5-19-17-31-34(3)26(19)16-22/h5-7,10,13-17,21H,4,8-9,11-12H2,1-3H3,(H,32,35). The number of ether oxygens (including phenoxy) is 1. The fraction of sp³-hybridized carbons (Fsp3) is 0.321. The van der Waals surface area contributed by atoms with Gasteiger partial charge in [-0.05, 0) is 75.3 Å². The molecule has 0 radical (unpaired) electrons. The Labute approximate surface area is 209 Å². The number of piperidine rings is 1. The Morgan fingerprint density at radius 2 is 1.89 bits per heavy atom. The first-order valence-corrected chi connectivity index (χ1v) is 12.3. The van der Waals surface area contributed by atoms with Gasteiger partial charge in [-0.2, -0.15) is 5.10 Å². The minimum Gasteiger partial charge on any atom is -0.457 e. The number of nitrogens with one attached hydrogen (secondary N) is 1. The summed E-state index contributed by atoms with van der Waals surface area (Å²) in [6.45, 7) is 3.77. The predicted octanol–water partition coefficient (Wildman–Crippen LogP) is 4.95. The van der Waals surface area contributed by atoms with Gasteiger partial charge in [-0.15, -0.1) is 0 Å². The number of aryl methyl sites for hydroxylation is 2. The SMILES string of the molecule is CCc1cc(-c2cc(Oc3ccc4cnn(C)c4c3)ccn2)cc(F)c1C(=O)NC1CCN(C)CC1. The van der Waals surface area contributed by atoms with Gasteiger partial charge in [-0.3, -0.25) is 14.5 Å². The number of aromatic nitrogens is 3. The lowest BCUT2D eigenvalue weighted by atomic mass is 9.97. The van der Waals surface area contributed by atoms with Gasteiger partial charge in [-0.1, -0.05) is 6.92 Å². The number of likely N-dealkylation sites (tertiary alicyclic amines) is 1. The van der Waals surface area contributed by atoms with Crippen LogP contribution >= 0.6 is 0 Å². The van der Waals surface area contributed by atoms with Crippen LogP contribution in [0.25, 0.3) is 22.2 Å². The Hall–Kier alpha value is -3.78. The van der Waals surface area contributed by atoms with Crippen molar-refractivity contribution < 1.29 is 13.9 Å². The number of hydrogen-bond acceptors (Lipinski definition) is 5. The quantitative estimate of drug-likeness (QED) is 0.417. The fourth-order valence-corrected chi connectivity index (χ4v) is 4.71. The van der Waals surface area contributed by atoms with Gasteiger partial charge < -0.3 is 15.0 Å². The van der Waals surface area contributed by atoms with Gasteiger partial charge in [0.2, 0.25) is 0 Å². The molecule has 1 aliphatic rings. The van der Waals surface area contributed by atoms with Crippen molar-refractivity contribution in [3.8, 4) is 22.8 Å². The first-order valence-electron chi connectivity index (χ1n) is 12.3. The van der Waals surface area contributed by atoms with E-state index >= 15 is 4.39 Å². The second kappa shape index (κ2) is 10.1. The summed E-state index contributed by atoms with van der Waals surface area (Å²) in [6.07, 6.45) is 5.71. The largest absolute Gasteiger partial charge is 0.457 e. The molecule has 7 nitrogen and oxygen atoms in total. The van der Waals surface area contributed by atoms with Crippen molar-refractivity contribution in [3.63, 3.8) is 0 Å². The Morgan fingerprint density at radius 3 is 2.67 bits per heavy atom. The van der Waals surface area contributed by atoms with Crippen molar-refractivity contribution in [2.75, 3.05) is 20.1 Å². The average Bonchev–Trinajstić information content (AvgIpc) is 3.25. The second-order valence-corrected chi connectivity index (χ2v) is 9.36. The van der Waals surface area contributed by atoms with Crippen molar-refractivity contribution in [2.24, 2.45) is 7.05 Å². The molecule has 1 fully saturated rings. The van der Waals surface area contributed by atoms with Gasteiger partial charge in [0, 0.05) is 42.4 Å². The molecule has 2 aromatic carbocycles. The second-order valence-electron chi connectivity index (χ2n) is 9.36. The summed E-state index contributed by atoms with van der Waals surface area (Å²) in [7, 11) is 3.95. The van der Waals surface area contributed by atoms with Crippen LogP contribution in [0.3, 0.4) is 0 Å². The van der Waals surface area contributed by atoms with Crippen LogP contribution in [0.2, 0.25) is 0 Å². The summed E-state index contributed by atoms with van der Waals surface area (Å²) in [5, 5.41) is 8.33. The molecule has 1 N–H and O–H groups in total. The molecule has 36 heavy (non-hydrogen) atoms. The maximum Gasteiger partial charge on any atom is 0.254 e. The molecule has 0 atom stereocenters. The van der Waals surface area contributed by atoms with Crippen LogP contribution in [0, 0.1) is 5.82 Å². The zero-order chi connectivity index (χ0) is 25.2. The maximum absolute atomic E-state index is 15.3. The highest BCUT2D eigenvalue weighted by atomic mass is 19.1. The van der Waals surface area contributed by atoms with Crippen LogP contribution in [0.4, 0.5) is 4.39 Å². The summed E-state index contributed by atoms with van der Waals surface area (Å²) in [5.74, 6) is 0.374. The zero-order valence-corrected chi connectivity index (χ0v) is 20.8. The summed E-state index contributed by atoms with van der Waals surface area (Å²) in [5.41, 5.74) is 2.92. The zero-order valence-electron chi connectivity index (χ0n) is 20.8. The normalized spacial score (nSPS) is 14.8. The van der Waals surface area contributed by atoms with Gasteiger partial charge in [0.05, 0.1) is 23.0 Å². The molecule has 8 heteroatoms. The monoisotopic (exact) mass is 487 g/mol. The highest BCUT2D eigenvalue weighted by molar-refractivity contribution is 5.96. The molecule has 0 aliphatic carbocycles. The van der Waals surface area contributed by atoms with E-state index in [0.717, 1.165) is 36.8 Å². The summed E-state index contributed by atoms with van der Waals surface area (Å²) in [6, 6.07) is 12.6. The topological polar surface area (TPSA) is 72.3 Å². The van der Waals surface area contributed by atoms with Crippen molar-refractivity contribution in [1.82, 2.24) is 25.0 Å². The summed E-state index contributed by atoms with van der Waals surface area (Å²) >= 11 is 0. The van der Waals surface area contributed by atoms with Crippen LogP contribution < -0.4 is 10.1 Å². The van der Waals surface area contributed by atoms with E-state index in [2.05, 4.69) is 27.3 Å². The molecule has 4 aromatic rings. The van der Waals surface area contributed by atoms with Crippen molar-refractivity contribution in [2.45, 2.75) is 32.2 Å². The Balaban J connectivity index is 1.38. The van der Waals surface area contributed by atoms with E-state index in [4.69, 9.17) is 4.74 Å². The molecule has 0 bridgehead atoms. The fourth-order valence-electron chi connectivity index (χ4n) is 4.71. The number of fused-ring (bicyclic) bond motifs is 1. The van der Waals surface area contributed by atoms with Crippen molar-refractivity contribution >= 4 is 16.8 Å². The van der Waals surface area contributed by atoms with E-state index < -0.39 is 5.82 Å². The molecular formula is C28H30FN5O2. The predicted molar refractivity (Wildman–Crippen MR) is 138 cm³/mol. The summed E-state index contributed by atoms with van der Waals surface area (Å²) in [4.78, 5) is 19.7. The van der Waals surface area contributed by atoms with Crippen LogP contribution in [0.1, 0.15) is 35.7 Å². The van der Waals surface area contributed by atoms with E-state index in [9.17, 15) is 4.79 Å². The van der Waals surface area contributed by atoms with E-state index in [1.54, 1.807) is 29.2 Å². The molecule has 1 aliphatic heterocycles. The summed E-state index contributed by atoms with van der Waals surface area (Å²) < 4.78 is 23.2. The molecule has 0 unspecified atom stereocenters. The molecular weight excluding hydrogens is 457 g/mol. The number of pyridine rings is 1. The molecule has 186 valence electrons. The Bertz CT molecular complexity index is 1410. The third-order valence-electron chi connectivity index (χ3n) is 6.82. The lowest BCUT2D eigenvalue weighted by Gasteiger charge is -2.29. The molecule has 1 amide bonds. The van der Waals surface area contributed by atoms with Crippen LogP contribution in [0.5, 0.6) is 11.5 Å². The lowest BCUT2D eigenvalue weighted by molar-refractivity contribution is 0.0912. The smallest absolute Gasteiger partial charge is 0.254 e. The highest BCUT2D eigenvalue weighted by Crippen LogP contribution is 2.30. The number of halogens is 1. The van der Waals surface area contributed by atoms with Crippen molar-refractivity contribution in [1.29, 1.82) is 0 Å². The molecule has 5 rings (SSSR count). The van der Waals surface area contributed by atoms with Gasteiger partial charge in [0.1, 0.15) is 17.3 Å². The van der Waals surface area contributed by atoms with Gasteiger partial charge in [0.15, 0.2) is 0 Å². The number of carbonyl (C=O) groups excluding carboxylic acids is 1. The number of benzene rings is 2. The number of nitrogens with zero attached hydrogens (tertiary/aromatic N) is 4. The lowest BCUT2D eigenvalue weighted by Crippen LogP contribution is -2.43. The third-order valence-corrected chi connectivity index (χ3v) is 6.82. The van der Waals surface area contributed by atoms with E-state index in [1.807, 2.05) is 38.2 Å². The average molecular weight is 488 g/mol. The minimum atomic E-state index is -0.537. The van der Waals surface area contributed by atoms with Crippen LogP contribution in [0.15, 0.2) is 54.9 Å². The van der Waals surface area contributed by atoms with Crippen LogP contribution in [-0.2, 0) is 13.5 Å². The first-order chi connectivity index (χ1) is 17.4. The molecule has 2 aromatic heterocycles. The molecule has 3 heterocycles. The van der Waals surface area contributed by atoms with Crippen LogP contribution in [-0.4, -0.2) is 51.8 Å². The van der Waals surface area contributed by atoms with Crippen molar-refractivity contribution in [3.05, 3.63) is 71.8 Å². The van der Waals surface area contributed by atoms with E-state index in [0.29, 0.717) is 34.7 Å². The third kappa shape index (κ3) is 4.95. The first kappa shape index (κ1) is 23.9. The van der Waals surface area contributed by atoms with E-state index in [-0.39, 0.29) is 17.5 Å². The molecule has 1 saturated heterocycles. The Kier molecular flexibility index (Phi) is 6.69. The van der Waals surface area contributed by atoms with Gasteiger partial charge in [-0.25, -0.2) is 4.39 Å². The number of rotatable bonds is 6. The molecule has 0 saturated carbocycles. The van der Waals surface area contributed by atoms with Gasteiger partial charge in [0.25, 0.3) is 5.91 Å². The molecule has 0 spiro atoms. The number of hydrogen-bond donors (Lipinski definition) is 1. The highest BCUT2D eigenvalue weighted by Gasteiger charge is 2.23. The Morgan fingerprint density at radius 1 is 1.11 bits per heavy atom. The maximum atomic E-state index is 15.3.